The molecule has 0 spiro atoms. The van der Waals surface area contributed by atoms with Gasteiger partial charge < -0.3 is 10.5 Å². The van der Waals surface area contributed by atoms with E-state index in [1.807, 2.05) is 0 Å². The molecule has 0 fully saturated rings. The number of hydrogen-bond acceptors (Lipinski definition) is 2. The van der Waals surface area contributed by atoms with Gasteiger partial charge in [0.25, 0.3) is 0 Å². The van der Waals surface area contributed by atoms with Crippen LogP contribution in [0.3, 0.4) is 0 Å². The van der Waals surface area contributed by atoms with Gasteiger partial charge in [0.15, 0.2) is 5.75 Å². The van der Waals surface area contributed by atoms with Gasteiger partial charge >= 0.3 is 6.36 Å². The van der Waals surface area contributed by atoms with Crippen molar-refractivity contribution in [2.75, 3.05) is 5.73 Å². The molecule has 0 bridgehead atoms. The summed E-state index contributed by atoms with van der Waals surface area (Å²) in [6.07, 6.45) is -4.74. The van der Waals surface area contributed by atoms with Gasteiger partial charge in [0.1, 0.15) is 0 Å². The number of alkyl halides is 4. The summed E-state index contributed by atoms with van der Waals surface area (Å²) >= 11 is 6.14. The van der Waals surface area contributed by atoms with Gasteiger partial charge in [-0.05, 0) is 33.6 Å². The third-order valence-corrected chi connectivity index (χ3v) is 2.74. The monoisotopic (exact) mass is 347 g/mol. The summed E-state index contributed by atoms with van der Waals surface area (Å²) in [7, 11) is 0. The minimum Gasteiger partial charge on any atom is -0.402 e. The largest absolute Gasteiger partial charge is 0.573 e. The Morgan fingerprint density at radius 2 is 1.93 bits per heavy atom. The lowest BCUT2D eigenvalue weighted by atomic mass is 10.2. The van der Waals surface area contributed by atoms with Crippen molar-refractivity contribution in [3.05, 3.63) is 22.2 Å². The molecule has 0 aliphatic carbocycles. The van der Waals surface area contributed by atoms with E-state index < -0.39 is 12.1 Å². The number of nitrogen functional groups attached to an aromatic ring is 1. The van der Waals surface area contributed by atoms with E-state index in [0.717, 1.165) is 5.56 Å². The second-order valence-corrected chi connectivity index (χ2v) is 4.09. The van der Waals surface area contributed by atoms with Crippen LogP contribution < -0.4 is 10.5 Å². The third-order valence-electron chi connectivity index (χ3n) is 1.50. The lowest BCUT2D eigenvalue weighted by Gasteiger charge is -2.13. The molecule has 1 aromatic rings. The van der Waals surface area contributed by atoms with Gasteiger partial charge in [-0.25, -0.2) is 0 Å². The van der Waals surface area contributed by atoms with Gasteiger partial charge in [0, 0.05) is 5.33 Å². The second kappa shape index (κ2) is 4.61. The van der Waals surface area contributed by atoms with E-state index >= 15 is 0 Å². The Labute approximate surface area is 101 Å². The van der Waals surface area contributed by atoms with Crippen molar-refractivity contribution in [2.24, 2.45) is 0 Å². The minimum absolute atomic E-state index is 0.0591. The molecule has 0 radical (unpaired) electrons. The van der Waals surface area contributed by atoms with Crippen LogP contribution >= 0.6 is 31.9 Å². The van der Waals surface area contributed by atoms with Gasteiger partial charge in [-0.1, -0.05) is 15.9 Å². The standard InChI is InChI=1S/C8H6Br2F3NO/c9-3-4-1-5(10)7(6(14)2-4)15-8(11,12)13/h1-2H,3,14H2. The Bertz CT molecular complexity index is 344. The first-order chi connectivity index (χ1) is 6.83. The van der Waals surface area contributed by atoms with Crippen molar-refractivity contribution in [1.82, 2.24) is 0 Å². The number of ether oxygens (including phenoxy) is 1. The first-order valence-corrected chi connectivity index (χ1v) is 5.64. The topological polar surface area (TPSA) is 35.2 Å². The fourth-order valence-electron chi connectivity index (χ4n) is 0.974. The zero-order chi connectivity index (χ0) is 11.6. The van der Waals surface area contributed by atoms with E-state index in [1.54, 1.807) is 0 Å². The van der Waals surface area contributed by atoms with Crippen LogP contribution in [0.5, 0.6) is 5.75 Å². The van der Waals surface area contributed by atoms with Crippen molar-refractivity contribution in [1.29, 1.82) is 0 Å². The molecule has 2 nitrogen and oxygen atoms in total. The Morgan fingerprint density at radius 3 is 2.33 bits per heavy atom. The zero-order valence-corrected chi connectivity index (χ0v) is 10.4. The smallest absolute Gasteiger partial charge is 0.402 e. The van der Waals surface area contributed by atoms with E-state index in [-0.39, 0.29) is 10.2 Å². The lowest BCUT2D eigenvalue weighted by molar-refractivity contribution is -0.274. The van der Waals surface area contributed by atoms with E-state index in [2.05, 4.69) is 36.6 Å². The molecule has 0 aliphatic heterocycles. The van der Waals surface area contributed by atoms with Crippen molar-refractivity contribution >= 4 is 37.5 Å². The van der Waals surface area contributed by atoms with Gasteiger partial charge in [-0.2, -0.15) is 0 Å². The van der Waals surface area contributed by atoms with Gasteiger partial charge in [-0.15, -0.1) is 13.2 Å². The van der Waals surface area contributed by atoms with Crippen molar-refractivity contribution in [3.8, 4) is 5.75 Å². The highest BCUT2D eigenvalue weighted by Gasteiger charge is 2.33. The van der Waals surface area contributed by atoms with Crippen molar-refractivity contribution in [3.63, 3.8) is 0 Å². The fourth-order valence-corrected chi connectivity index (χ4v) is 1.90. The number of benzene rings is 1. The highest BCUT2D eigenvalue weighted by atomic mass is 79.9. The predicted molar refractivity (Wildman–Crippen MR) is 57.9 cm³/mol. The second-order valence-electron chi connectivity index (χ2n) is 2.68. The highest BCUT2D eigenvalue weighted by molar-refractivity contribution is 9.10. The fraction of sp³-hybridized carbons (Fsp3) is 0.250. The molecular formula is C8H6Br2F3NO. The normalized spacial score (nSPS) is 11.5. The third kappa shape index (κ3) is 3.57. The zero-order valence-electron chi connectivity index (χ0n) is 7.24. The maximum absolute atomic E-state index is 12.0. The molecule has 0 saturated carbocycles. The number of nitrogens with two attached hydrogens (primary N) is 1. The van der Waals surface area contributed by atoms with Crippen molar-refractivity contribution in [2.45, 2.75) is 11.7 Å². The van der Waals surface area contributed by atoms with E-state index in [9.17, 15) is 13.2 Å². The molecular weight excluding hydrogens is 343 g/mol. The van der Waals surface area contributed by atoms with E-state index in [1.165, 1.54) is 12.1 Å². The molecule has 0 amide bonds. The van der Waals surface area contributed by atoms with Crippen LogP contribution in [0.15, 0.2) is 16.6 Å². The molecule has 0 aromatic heterocycles. The number of rotatable bonds is 2. The van der Waals surface area contributed by atoms with Crippen LogP contribution in [0, 0.1) is 0 Å². The Hall–Kier alpha value is -0.430. The Morgan fingerprint density at radius 1 is 1.33 bits per heavy atom. The molecule has 1 aromatic carbocycles. The maximum atomic E-state index is 12.0. The Balaban J connectivity index is 3.09. The molecule has 0 unspecified atom stereocenters. The van der Waals surface area contributed by atoms with Gasteiger partial charge in [-0.3, -0.25) is 0 Å². The summed E-state index contributed by atoms with van der Waals surface area (Å²) in [6, 6.07) is 2.92. The highest BCUT2D eigenvalue weighted by Crippen LogP contribution is 2.36. The predicted octanol–water partition coefficient (Wildman–Crippen LogP) is 3.82. The first-order valence-electron chi connectivity index (χ1n) is 3.73. The molecule has 84 valence electrons. The molecule has 2 N–H and O–H groups in total. The average Bonchev–Trinajstić information content (AvgIpc) is 2.09. The summed E-state index contributed by atoms with van der Waals surface area (Å²) in [5, 5.41) is 0.502. The molecule has 0 atom stereocenters. The summed E-state index contributed by atoms with van der Waals surface area (Å²) in [5.41, 5.74) is 6.13. The van der Waals surface area contributed by atoms with Gasteiger partial charge in [0.05, 0.1) is 10.2 Å². The molecule has 1 rings (SSSR count). The molecule has 0 heterocycles. The quantitative estimate of drug-likeness (QED) is 0.651. The number of halogens is 5. The van der Waals surface area contributed by atoms with Crippen molar-refractivity contribution < 1.29 is 17.9 Å². The van der Waals surface area contributed by atoms with Crippen LogP contribution in [-0.2, 0) is 5.33 Å². The summed E-state index contributed by atoms with van der Waals surface area (Å²) in [4.78, 5) is 0. The average molecular weight is 349 g/mol. The van der Waals surface area contributed by atoms with E-state index in [4.69, 9.17) is 5.73 Å². The number of anilines is 1. The maximum Gasteiger partial charge on any atom is 0.573 e. The van der Waals surface area contributed by atoms with Crippen LogP contribution in [-0.4, -0.2) is 6.36 Å². The van der Waals surface area contributed by atoms with Crippen LogP contribution in [0.1, 0.15) is 5.56 Å². The summed E-state index contributed by atoms with van der Waals surface area (Å²) < 4.78 is 39.9. The van der Waals surface area contributed by atoms with Crippen LogP contribution in [0.25, 0.3) is 0 Å². The SMILES string of the molecule is Nc1cc(CBr)cc(Br)c1OC(F)(F)F. The number of hydrogen-bond donors (Lipinski definition) is 1. The molecule has 0 saturated heterocycles. The molecule has 0 aliphatic rings. The Kier molecular flexibility index (Phi) is 3.88. The minimum atomic E-state index is -4.74. The first kappa shape index (κ1) is 12.6. The molecule has 7 heteroatoms. The lowest BCUT2D eigenvalue weighted by Crippen LogP contribution is -2.18. The van der Waals surface area contributed by atoms with Gasteiger partial charge in [0.2, 0.25) is 0 Å². The van der Waals surface area contributed by atoms with Crippen LogP contribution in [0.2, 0.25) is 0 Å². The van der Waals surface area contributed by atoms with Crippen LogP contribution in [0.4, 0.5) is 18.9 Å². The summed E-state index contributed by atoms with van der Waals surface area (Å²) in [5.74, 6) is -0.410. The molecule has 15 heavy (non-hydrogen) atoms. The summed E-state index contributed by atoms with van der Waals surface area (Å²) in [6.45, 7) is 0. The van der Waals surface area contributed by atoms with E-state index in [0.29, 0.717) is 5.33 Å².